The van der Waals surface area contributed by atoms with E-state index in [1.54, 1.807) is 7.11 Å². The van der Waals surface area contributed by atoms with Crippen LogP contribution in [0.25, 0.3) is 6.08 Å². The standard InChI is InChI=1S/C15H16N2O3S2/c1-20-11-6-4-10(5-7-11)9-12-14(21)17(15(19)22-12)8-2-3-13(16)18/h4-7,9H,2-3,8H2,1H3,(H2,16,18)/b12-9-. The van der Waals surface area contributed by atoms with Gasteiger partial charge < -0.3 is 10.5 Å². The largest absolute Gasteiger partial charge is 0.497 e. The topological polar surface area (TPSA) is 72.6 Å². The molecule has 2 N–H and O–H groups in total. The number of thioether (sulfide) groups is 1. The number of rotatable bonds is 6. The maximum Gasteiger partial charge on any atom is 0.291 e. The highest BCUT2D eigenvalue weighted by atomic mass is 32.2. The molecule has 2 rings (SSSR count). The lowest BCUT2D eigenvalue weighted by Gasteiger charge is -2.13. The number of carbonyl (C=O) groups excluding carboxylic acids is 2. The molecule has 1 aromatic rings. The molecule has 1 aromatic carbocycles. The second kappa shape index (κ2) is 7.42. The molecule has 0 saturated carbocycles. The number of thiocarbonyl (C=S) groups is 1. The van der Waals surface area contributed by atoms with E-state index < -0.39 is 0 Å². The molecule has 2 amide bonds. The van der Waals surface area contributed by atoms with Gasteiger partial charge in [0.25, 0.3) is 5.24 Å². The van der Waals surface area contributed by atoms with Crippen molar-refractivity contribution < 1.29 is 14.3 Å². The average molecular weight is 336 g/mol. The molecular weight excluding hydrogens is 320 g/mol. The third-order valence-electron chi connectivity index (χ3n) is 3.09. The van der Waals surface area contributed by atoms with Gasteiger partial charge in [-0.1, -0.05) is 24.4 Å². The first-order valence-corrected chi connectivity index (χ1v) is 7.91. The van der Waals surface area contributed by atoms with Crippen molar-refractivity contribution in [1.82, 2.24) is 4.90 Å². The molecule has 1 aliphatic rings. The minimum absolute atomic E-state index is 0.116. The first kappa shape index (κ1) is 16.5. The minimum Gasteiger partial charge on any atom is -0.497 e. The van der Waals surface area contributed by atoms with E-state index in [4.69, 9.17) is 22.7 Å². The lowest BCUT2D eigenvalue weighted by Crippen LogP contribution is -2.28. The molecule has 0 radical (unpaired) electrons. The highest BCUT2D eigenvalue weighted by Crippen LogP contribution is 2.33. The lowest BCUT2D eigenvalue weighted by molar-refractivity contribution is -0.118. The van der Waals surface area contributed by atoms with Gasteiger partial charge in [0.05, 0.1) is 12.0 Å². The zero-order valence-electron chi connectivity index (χ0n) is 12.1. The van der Waals surface area contributed by atoms with Gasteiger partial charge in [0, 0.05) is 13.0 Å². The van der Waals surface area contributed by atoms with E-state index in [2.05, 4.69) is 0 Å². The molecule has 0 aliphatic carbocycles. The number of hydrogen-bond acceptors (Lipinski definition) is 5. The van der Waals surface area contributed by atoms with Crippen LogP contribution in [0.2, 0.25) is 0 Å². The molecule has 1 saturated heterocycles. The SMILES string of the molecule is COc1ccc(/C=C2\SC(=O)N(CCCC(N)=O)C2=S)cc1. The van der Waals surface area contributed by atoms with Crippen LogP contribution in [0.15, 0.2) is 29.2 Å². The number of amides is 2. The van der Waals surface area contributed by atoms with E-state index in [-0.39, 0.29) is 17.6 Å². The maximum absolute atomic E-state index is 12.0. The Bertz CT molecular complexity index is 626. The number of nitrogens with two attached hydrogens (primary N) is 1. The molecule has 116 valence electrons. The Labute approximate surface area is 138 Å². The Morgan fingerprint density at radius 2 is 2.09 bits per heavy atom. The molecular formula is C15H16N2O3S2. The smallest absolute Gasteiger partial charge is 0.291 e. The van der Waals surface area contributed by atoms with Gasteiger partial charge in [-0.05, 0) is 42.0 Å². The first-order chi connectivity index (χ1) is 10.5. The summed E-state index contributed by atoms with van der Waals surface area (Å²) in [6.07, 6.45) is 2.63. The van der Waals surface area contributed by atoms with E-state index in [9.17, 15) is 9.59 Å². The predicted octanol–water partition coefficient (Wildman–Crippen LogP) is 2.80. The third kappa shape index (κ3) is 4.08. The van der Waals surface area contributed by atoms with Crippen molar-refractivity contribution in [2.45, 2.75) is 12.8 Å². The number of ether oxygens (including phenoxy) is 1. The van der Waals surface area contributed by atoms with Crippen LogP contribution < -0.4 is 10.5 Å². The highest BCUT2D eigenvalue weighted by Gasteiger charge is 2.31. The Hall–Kier alpha value is -1.86. The van der Waals surface area contributed by atoms with E-state index in [0.29, 0.717) is 18.0 Å². The summed E-state index contributed by atoms with van der Waals surface area (Å²) in [6.45, 7) is 0.410. The van der Waals surface area contributed by atoms with Gasteiger partial charge in [-0.2, -0.15) is 0 Å². The van der Waals surface area contributed by atoms with Crippen LogP contribution in [0, 0.1) is 0 Å². The van der Waals surface area contributed by atoms with Crippen molar-refractivity contribution in [3.63, 3.8) is 0 Å². The monoisotopic (exact) mass is 336 g/mol. The fourth-order valence-electron chi connectivity index (χ4n) is 1.96. The Morgan fingerprint density at radius 1 is 1.41 bits per heavy atom. The van der Waals surface area contributed by atoms with Crippen molar-refractivity contribution in [1.29, 1.82) is 0 Å². The fraction of sp³-hybridized carbons (Fsp3) is 0.267. The van der Waals surface area contributed by atoms with E-state index in [1.807, 2.05) is 30.3 Å². The molecule has 1 fully saturated rings. The highest BCUT2D eigenvalue weighted by molar-refractivity contribution is 8.19. The van der Waals surface area contributed by atoms with Crippen LogP contribution in [0.1, 0.15) is 18.4 Å². The predicted molar refractivity (Wildman–Crippen MR) is 91.7 cm³/mol. The molecule has 0 aromatic heterocycles. The maximum atomic E-state index is 12.0. The van der Waals surface area contributed by atoms with E-state index >= 15 is 0 Å². The van der Waals surface area contributed by atoms with Crippen molar-refractivity contribution in [3.8, 4) is 5.75 Å². The van der Waals surface area contributed by atoms with Crippen LogP contribution in [-0.4, -0.2) is 34.7 Å². The lowest BCUT2D eigenvalue weighted by atomic mass is 10.2. The molecule has 7 heteroatoms. The minimum atomic E-state index is -0.376. The van der Waals surface area contributed by atoms with Gasteiger partial charge in [-0.15, -0.1) is 0 Å². The summed E-state index contributed by atoms with van der Waals surface area (Å²) in [5.41, 5.74) is 6.04. The summed E-state index contributed by atoms with van der Waals surface area (Å²) >= 11 is 6.45. The second-order valence-electron chi connectivity index (χ2n) is 4.68. The van der Waals surface area contributed by atoms with E-state index in [1.165, 1.54) is 4.90 Å². The van der Waals surface area contributed by atoms with Gasteiger partial charge >= 0.3 is 0 Å². The molecule has 0 bridgehead atoms. The summed E-state index contributed by atoms with van der Waals surface area (Å²) in [5.74, 6) is 0.396. The van der Waals surface area contributed by atoms with E-state index in [0.717, 1.165) is 28.0 Å². The van der Waals surface area contributed by atoms with Gasteiger partial charge in [0.1, 0.15) is 10.7 Å². The van der Waals surface area contributed by atoms with Gasteiger partial charge in [-0.25, -0.2) is 0 Å². The number of benzene rings is 1. The Kier molecular flexibility index (Phi) is 5.57. The molecule has 5 nitrogen and oxygen atoms in total. The summed E-state index contributed by atoms with van der Waals surface area (Å²) in [6, 6.07) is 7.49. The molecule has 22 heavy (non-hydrogen) atoms. The van der Waals surface area contributed by atoms with Crippen LogP contribution in [-0.2, 0) is 4.79 Å². The summed E-state index contributed by atoms with van der Waals surface area (Å²) in [4.78, 5) is 25.5. The molecule has 1 aliphatic heterocycles. The normalized spacial score (nSPS) is 16.4. The van der Waals surface area contributed by atoms with Gasteiger partial charge in [0.2, 0.25) is 5.91 Å². The fourth-order valence-corrected chi connectivity index (χ4v) is 3.25. The zero-order valence-corrected chi connectivity index (χ0v) is 13.7. The zero-order chi connectivity index (χ0) is 16.1. The van der Waals surface area contributed by atoms with Crippen molar-refractivity contribution >= 4 is 46.2 Å². The Morgan fingerprint density at radius 3 is 2.68 bits per heavy atom. The van der Waals surface area contributed by atoms with Gasteiger partial charge in [0.15, 0.2) is 0 Å². The average Bonchev–Trinajstić information content (AvgIpc) is 2.75. The molecule has 0 spiro atoms. The van der Waals surface area contributed by atoms with Crippen molar-refractivity contribution in [2.75, 3.05) is 13.7 Å². The summed E-state index contributed by atoms with van der Waals surface area (Å²) in [7, 11) is 1.61. The van der Waals surface area contributed by atoms with Crippen LogP contribution in [0.5, 0.6) is 5.75 Å². The summed E-state index contributed by atoms with van der Waals surface area (Å²) in [5, 5.41) is -0.116. The first-order valence-electron chi connectivity index (χ1n) is 6.69. The number of nitrogens with zero attached hydrogens (tertiary/aromatic N) is 1. The van der Waals surface area contributed by atoms with Crippen LogP contribution >= 0.6 is 24.0 Å². The van der Waals surface area contributed by atoms with Crippen molar-refractivity contribution in [2.24, 2.45) is 5.73 Å². The third-order valence-corrected chi connectivity index (χ3v) is 4.59. The number of primary amides is 1. The molecule has 0 atom stereocenters. The summed E-state index contributed by atoms with van der Waals surface area (Å²) < 4.78 is 5.11. The van der Waals surface area contributed by atoms with Crippen LogP contribution in [0.4, 0.5) is 4.79 Å². The molecule has 0 unspecified atom stereocenters. The number of methoxy groups -OCH3 is 1. The van der Waals surface area contributed by atoms with Gasteiger partial charge in [-0.3, -0.25) is 14.5 Å². The number of carbonyl (C=O) groups is 2. The Balaban J connectivity index is 2.06. The van der Waals surface area contributed by atoms with Crippen LogP contribution in [0.3, 0.4) is 0 Å². The molecule has 1 heterocycles. The second-order valence-corrected chi connectivity index (χ2v) is 6.06. The van der Waals surface area contributed by atoms with Crippen molar-refractivity contribution in [3.05, 3.63) is 34.7 Å². The number of hydrogen-bond donors (Lipinski definition) is 1. The quantitative estimate of drug-likeness (QED) is 0.639.